The lowest BCUT2D eigenvalue weighted by Gasteiger charge is -2.31. The highest BCUT2D eigenvalue weighted by molar-refractivity contribution is 5.95. The number of amides is 2. The number of anilines is 1. The van der Waals surface area contributed by atoms with E-state index in [2.05, 4.69) is 10.3 Å². The molecule has 2 aromatic rings. The van der Waals surface area contributed by atoms with Crippen molar-refractivity contribution in [3.63, 3.8) is 0 Å². The van der Waals surface area contributed by atoms with Gasteiger partial charge in [-0.3, -0.25) is 14.6 Å². The number of pyridine rings is 1. The van der Waals surface area contributed by atoms with E-state index in [-0.39, 0.29) is 23.5 Å². The van der Waals surface area contributed by atoms with Crippen molar-refractivity contribution in [2.75, 3.05) is 18.4 Å². The van der Waals surface area contributed by atoms with Gasteiger partial charge in [0.2, 0.25) is 5.91 Å². The Kier molecular flexibility index (Phi) is 4.84. The quantitative estimate of drug-likeness (QED) is 0.943. The molecule has 0 radical (unpaired) electrons. The summed E-state index contributed by atoms with van der Waals surface area (Å²) in [5.74, 6) is -0.655. The molecule has 1 N–H and O–H groups in total. The molecule has 1 saturated heterocycles. The van der Waals surface area contributed by atoms with Crippen molar-refractivity contribution in [2.45, 2.75) is 12.8 Å². The van der Waals surface area contributed by atoms with Gasteiger partial charge in [0.25, 0.3) is 5.91 Å². The highest BCUT2D eigenvalue weighted by Crippen LogP contribution is 2.21. The van der Waals surface area contributed by atoms with Crippen LogP contribution in [0.1, 0.15) is 23.2 Å². The van der Waals surface area contributed by atoms with Crippen LogP contribution in [0.4, 0.5) is 10.1 Å². The van der Waals surface area contributed by atoms with Gasteiger partial charge in [0, 0.05) is 30.8 Å². The third-order valence-electron chi connectivity index (χ3n) is 4.17. The van der Waals surface area contributed by atoms with Gasteiger partial charge >= 0.3 is 0 Å². The maximum atomic E-state index is 12.9. The molecule has 0 atom stereocenters. The predicted octanol–water partition coefficient (Wildman–Crippen LogP) is 2.71. The van der Waals surface area contributed by atoms with E-state index in [4.69, 9.17) is 0 Å². The maximum Gasteiger partial charge on any atom is 0.253 e. The van der Waals surface area contributed by atoms with Gasteiger partial charge in [0.15, 0.2) is 0 Å². The first-order valence-corrected chi connectivity index (χ1v) is 7.89. The van der Waals surface area contributed by atoms with Crippen molar-refractivity contribution < 1.29 is 14.0 Å². The van der Waals surface area contributed by atoms with Gasteiger partial charge in [-0.25, -0.2) is 4.39 Å². The van der Waals surface area contributed by atoms with Crippen molar-refractivity contribution in [1.29, 1.82) is 0 Å². The molecule has 0 saturated carbocycles. The highest BCUT2D eigenvalue weighted by atomic mass is 19.1. The first-order valence-electron chi connectivity index (χ1n) is 7.89. The summed E-state index contributed by atoms with van der Waals surface area (Å²) in [5.41, 5.74) is 1.14. The molecule has 1 fully saturated rings. The molecular formula is C18H18FN3O2. The van der Waals surface area contributed by atoms with Gasteiger partial charge in [-0.15, -0.1) is 0 Å². The summed E-state index contributed by atoms with van der Waals surface area (Å²) in [5, 5.41) is 2.85. The van der Waals surface area contributed by atoms with Crippen LogP contribution in [0.5, 0.6) is 0 Å². The molecule has 24 heavy (non-hydrogen) atoms. The van der Waals surface area contributed by atoms with Crippen LogP contribution in [0.25, 0.3) is 0 Å². The number of nitrogens with one attached hydrogen (secondary N) is 1. The van der Waals surface area contributed by atoms with Gasteiger partial charge in [0.05, 0.1) is 11.9 Å². The Morgan fingerprint density at radius 1 is 1.12 bits per heavy atom. The van der Waals surface area contributed by atoms with Crippen LogP contribution in [0.15, 0.2) is 48.8 Å². The third-order valence-corrected chi connectivity index (χ3v) is 4.17. The molecule has 1 aliphatic rings. The van der Waals surface area contributed by atoms with Crippen molar-refractivity contribution in [3.05, 3.63) is 60.2 Å². The number of hydrogen-bond acceptors (Lipinski definition) is 3. The predicted molar refractivity (Wildman–Crippen MR) is 87.9 cm³/mol. The standard InChI is InChI=1S/C18H18FN3O2/c19-15-5-3-14(4-6-15)18(24)22-10-7-13(8-11-22)17(23)21-16-2-1-9-20-12-16/h1-6,9,12-13H,7-8,10-11H2,(H,21,23). The minimum Gasteiger partial charge on any atom is -0.339 e. The lowest BCUT2D eigenvalue weighted by atomic mass is 9.95. The molecule has 3 rings (SSSR count). The average molecular weight is 327 g/mol. The van der Waals surface area contributed by atoms with Gasteiger partial charge in [-0.05, 0) is 49.2 Å². The second-order valence-electron chi connectivity index (χ2n) is 5.80. The van der Waals surface area contributed by atoms with Crippen molar-refractivity contribution in [2.24, 2.45) is 5.92 Å². The summed E-state index contributed by atoms with van der Waals surface area (Å²) in [4.78, 5) is 30.3. The molecule has 2 amide bonds. The number of rotatable bonds is 3. The van der Waals surface area contributed by atoms with E-state index in [1.165, 1.54) is 24.3 Å². The number of likely N-dealkylation sites (tertiary alicyclic amines) is 1. The largest absolute Gasteiger partial charge is 0.339 e. The second kappa shape index (κ2) is 7.21. The molecule has 0 spiro atoms. The van der Waals surface area contributed by atoms with Crippen LogP contribution in [-0.4, -0.2) is 34.8 Å². The monoisotopic (exact) mass is 327 g/mol. The van der Waals surface area contributed by atoms with Crippen LogP contribution in [0.2, 0.25) is 0 Å². The number of nitrogens with zero attached hydrogens (tertiary/aromatic N) is 2. The van der Waals surface area contributed by atoms with E-state index in [1.54, 1.807) is 29.4 Å². The molecule has 0 unspecified atom stereocenters. The van der Waals surface area contributed by atoms with E-state index < -0.39 is 0 Å². The Bertz CT molecular complexity index is 711. The minimum absolute atomic E-state index is 0.0446. The fraction of sp³-hybridized carbons (Fsp3) is 0.278. The SMILES string of the molecule is O=C(Nc1cccnc1)C1CCN(C(=O)c2ccc(F)cc2)CC1. The van der Waals surface area contributed by atoms with Crippen LogP contribution in [-0.2, 0) is 4.79 Å². The van der Waals surface area contributed by atoms with Crippen molar-refractivity contribution in [3.8, 4) is 0 Å². The topological polar surface area (TPSA) is 62.3 Å². The Morgan fingerprint density at radius 2 is 1.83 bits per heavy atom. The molecule has 0 aliphatic carbocycles. The van der Waals surface area contributed by atoms with Crippen LogP contribution < -0.4 is 5.32 Å². The molecular weight excluding hydrogens is 309 g/mol. The van der Waals surface area contributed by atoms with Crippen LogP contribution in [0.3, 0.4) is 0 Å². The Labute approximate surface area is 139 Å². The number of halogens is 1. The number of benzene rings is 1. The number of aromatic nitrogens is 1. The summed E-state index contributed by atoms with van der Waals surface area (Å²) >= 11 is 0. The zero-order valence-electron chi connectivity index (χ0n) is 13.1. The molecule has 1 aromatic carbocycles. The van der Waals surface area contributed by atoms with E-state index >= 15 is 0 Å². The van der Waals surface area contributed by atoms with Crippen LogP contribution >= 0.6 is 0 Å². The first-order chi connectivity index (χ1) is 11.6. The van der Waals surface area contributed by atoms with E-state index in [0.29, 0.717) is 37.2 Å². The van der Waals surface area contributed by atoms with Gasteiger partial charge in [0.1, 0.15) is 5.82 Å². The Morgan fingerprint density at radius 3 is 2.46 bits per heavy atom. The van der Waals surface area contributed by atoms with Crippen LogP contribution in [0, 0.1) is 11.7 Å². The van der Waals surface area contributed by atoms with Gasteiger partial charge in [-0.2, -0.15) is 0 Å². The fourth-order valence-corrected chi connectivity index (χ4v) is 2.80. The average Bonchev–Trinajstić information content (AvgIpc) is 2.63. The normalized spacial score (nSPS) is 15.1. The minimum atomic E-state index is -0.364. The van der Waals surface area contributed by atoms with Gasteiger partial charge in [-0.1, -0.05) is 0 Å². The van der Waals surface area contributed by atoms with Gasteiger partial charge < -0.3 is 10.2 Å². The number of carbonyl (C=O) groups excluding carboxylic acids is 2. The maximum absolute atomic E-state index is 12.9. The number of piperidine rings is 1. The van der Waals surface area contributed by atoms with Crippen molar-refractivity contribution >= 4 is 17.5 Å². The summed E-state index contributed by atoms with van der Waals surface area (Å²) in [6.07, 6.45) is 4.47. The van der Waals surface area contributed by atoms with E-state index in [0.717, 1.165) is 0 Å². The lowest BCUT2D eigenvalue weighted by Crippen LogP contribution is -2.41. The summed E-state index contributed by atoms with van der Waals surface area (Å²) in [6.45, 7) is 1.03. The summed E-state index contributed by atoms with van der Waals surface area (Å²) < 4.78 is 12.9. The van der Waals surface area contributed by atoms with E-state index in [9.17, 15) is 14.0 Å². The summed E-state index contributed by atoms with van der Waals surface area (Å²) in [7, 11) is 0. The molecule has 1 aromatic heterocycles. The second-order valence-corrected chi connectivity index (χ2v) is 5.80. The molecule has 2 heterocycles. The lowest BCUT2D eigenvalue weighted by molar-refractivity contribution is -0.121. The summed E-state index contributed by atoms with van der Waals surface area (Å²) in [6, 6.07) is 9.08. The Hall–Kier alpha value is -2.76. The number of carbonyl (C=O) groups is 2. The Balaban J connectivity index is 1.54. The molecule has 0 bridgehead atoms. The third kappa shape index (κ3) is 3.76. The van der Waals surface area contributed by atoms with E-state index in [1.807, 2.05) is 0 Å². The number of hydrogen-bond donors (Lipinski definition) is 1. The molecule has 1 aliphatic heterocycles. The molecule has 5 nitrogen and oxygen atoms in total. The fourth-order valence-electron chi connectivity index (χ4n) is 2.80. The first kappa shape index (κ1) is 16.1. The smallest absolute Gasteiger partial charge is 0.253 e. The highest BCUT2D eigenvalue weighted by Gasteiger charge is 2.27. The molecule has 124 valence electrons. The zero-order valence-corrected chi connectivity index (χ0v) is 13.1. The van der Waals surface area contributed by atoms with Crippen molar-refractivity contribution in [1.82, 2.24) is 9.88 Å². The molecule has 6 heteroatoms. The zero-order chi connectivity index (χ0) is 16.9.